The van der Waals surface area contributed by atoms with Gasteiger partial charge in [0.25, 0.3) is 0 Å². The SMILES string of the molecule is O=C(Nc1nccs1)C(COc1ccc(Cl)c(Cl)c1)c1ccc(Cl)c(Cl)c1. The number of aromatic nitrogens is 1. The van der Waals surface area contributed by atoms with Crippen molar-refractivity contribution in [3.8, 4) is 5.75 Å². The second-order valence-corrected chi connectivity index (χ2v) is 7.96. The Kier molecular flexibility index (Phi) is 6.84. The summed E-state index contributed by atoms with van der Waals surface area (Å²) >= 11 is 25.4. The van der Waals surface area contributed by atoms with E-state index in [2.05, 4.69) is 10.3 Å². The summed E-state index contributed by atoms with van der Waals surface area (Å²) in [5, 5.41) is 6.61. The van der Waals surface area contributed by atoms with Gasteiger partial charge < -0.3 is 10.1 Å². The first-order chi connectivity index (χ1) is 12.9. The summed E-state index contributed by atoms with van der Waals surface area (Å²) in [6, 6.07) is 9.92. The maximum atomic E-state index is 12.8. The molecule has 4 nitrogen and oxygen atoms in total. The van der Waals surface area contributed by atoms with Gasteiger partial charge in [-0.2, -0.15) is 0 Å². The maximum Gasteiger partial charge on any atom is 0.237 e. The van der Waals surface area contributed by atoms with Gasteiger partial charge in [0.1, 0.15) is 12.4 Å². The number of hydrogen-bond donors (Lipinski definition) is 1. The van der Waals surface area contributed by atoms with Gasteiger partial charge in [0.2, 0.25) is 5.91 Å². The van der Waals surface area contributed by atoms with Crippen LogP contribution in [0.5, 0.6) is 5.75 Å². The van der Waals surface area contributed by atoms with Gasteiger partial charge in [0.05, 0.1) is 26.0 Å². The smallest absolute Gasteiger partial charge is 0.237 e. The molecule has 3 aromatic rings. The third-order valence-electron chi connectivity index (χ3n) is 3.63. The van der Waals surface area contributed by atoms with Crippen molar-refractivity contribution < 1.29 is 9.53 Å². The molecule has 3 rings (SSSR count). The van der Waals surface area contributed by atoms with E-state index in [9.17, 15) is 4.79 Å². The Hall–Kier alpha value is -1.50. The van der Waals surface area contributed by atoms with E-state index in [-0.39, 0.29) is 12.5 Å². The summed E-state index contributed by atoms with van der Waals surface area (Å²) in [6.07, 6.45) is 1.61. The lowest BCUT2D eigenvalue weighted by Crippen LogP contribution is -2.26. The average molecular weight is 462 g/mol. The van der Waals surface area contributed by atoms with Crippen LogP contribution in [0.2, 0.25) is 20.1 Å². The predicted octanol–water partition coefficient (Wildman–Crippen LogP) is 6.56. The Morgan fingerprint density at radius 2 is 1.74 bits per heavy atom. The normalized spacial score (nSPS) is 11.9. The molecule has 1 unspecified atom stereocenters. The first-order valence-corrected chi connectivity index (χ1v) is 10.1. The number of anilines is 1. The number of thiazole rings is 1. The van der Waals surface area contributed by atoms with Crippen molar-refractivity contribution in [1.82, 2.24) is 4.98 Å². The molecule has 0 saturated heterocycles. The zero-order valence-electron chi connectivity index (χ0n) is 13.6. The number of rotatable bonds is 6. The highest BCUT2D eigenvalue weighted by Gasteiger charge is 2.23. The van der Waals surface area contributed by atoms with Gasteiger partial charge in [0, 0.05) is 17.6 Å². The number of nitrogens with one attached hydrogen (secondary N) is 1. The molecule has 0 spiro atoms. The fourth-order valence-electron chi connectivity index (χ4n) is 2.28. The topological polar surface area (TPSA) is 51.2 Å². The minimum atomic E-state index is -0.641. The van der Waals surface area contributed by atoms with Crippen LogP contribution in [0, 0.1) is 0 Å². The second kappa shape index (κ2) is 9.13. The van der Waals surface area contributed by atoms with Gasteiger partial charge in [-0.15, -0.1) is 11.3 Å². The molecule has 0 bridgehead atoms. The lowest BCUT2D eigenvalue weighted by molar-refractivity contribution is -0.118. The highest BCUT2D eigenvalue weighted by Crippen LogP contribution is 2.30. The molecule has 140 valence electrons. The summed E-state index contributed by atoms with van der Waals surface area (Å²) in [5.41, 5.74) is 0.665. The second-order valence-electron chi connectivity index (χ2n) is 5.44. The van der Waals surface area contributed by atoms with Gasteiger partial charge in [-0.1, -0.05) is 52.5 Å². The highest BCUT2D eigenvalue weighted by molar-refractivity contribution is 7.13. The molecule has 1 N–H and O–H groups in total. The van der Waals surface area contributed by atoms with Crippen LogP contribution < -0.4 is 10.1 Å². The maximum absolute atomic E-state index is 12.8. The zero-order chi connectivity index (χ0) is 19.4. The molecular weight excluding hydrogens is 450 g/mol. The Morgan fingerprint density at radius 1 is 1.04 bits per heavy atom. The number of halogens is 4. The van der Waals surface area contributed by atoms with E-state index in [0.29, 0.717) is 36.5 Å². The van der Waals surface area contributed by atoms with Crippen LogP contribution in [0.4, 0.5) is 5.13 Å². The zero-order valence-corrected chi connectivity index (χ0v) is 17.4. The van der Waals surface area contributed by atoms with E-state index >= 15 is 0 Å². The summed E-state index contributed by atoms with van der Waals surface area (Å²) in [4.78, 5) is 16.9. The molecule has 0 aliphatic rings. The fraction of sp³-hybridized carbons (Fsp3) is 0.111. The Balaban J connectivity index is 1.82. The number of carbonyl (C=O) groups is 1. The van der Waals surface area contributed by atoms with Crippen molar-refractivity contribution in [3.05, 3.63) is 73.6 Å². The first-order valence-electron chi connectivity index (χ1n) is 7.67. The van der Waals surface area contributed by atoms with Crippen LogP contribution in [0.3, 0.4) is 0 Å². The monoisotopic (exact) mass is 460 g/mol. The van der Waals surface area contributed by atoms with Crippen molar-refractivity contribution >= 4 is 68.8 Å². The van der Waals surface area contributed by atoms with Crippen LogP contribution in [-0.2, 0) is 4.79 Å². The van der Waals surface area contributed by atoms with E-state index in [4.69, 9.17) is 51.1 Å². The van der Waals surface area contributed by atoms with Crippen molar-refractivity contribution in [2.24, 2.45) is 0 Å². The van der Waals surface area contributed by atoms with Crippen molar-refractivity contribution in [2.45, 2.75) is 5.92 Å². The molecule has 0 aliphatic carbocycles. The van der Waals surface area contributed by atoms with E-state index in [1.807, 2.05) is 0 Å². The summed E-state index contributed by atoms with van der Waals surface area (Å²) in [5.74, 6) is -0.418. The third kappa shape index (κ3) is 5.27. The minimum Gasteiger partial charge on any atom is -0.492 e. The van der Waals surface area contributed by atoms with Crippen LogP contribution in [0.1, 0.15) is 11.5 Å². The lowest BCUT2D eigenvalue weighted by atomic mass is 9.99. The molecule has 27 heavy (non-hydrogen) atoms. The molecule has 1 amide bonds. The van der Waals surface area contributed by atoms with Crippen LogP contribution in [-0.4, -0.2) is 17.5 Å². The summed E-state index contributed by atoms with van der Waals surface area (Å²) < 4.78 is 5.77. The van der Waals surface area contributed by atoms with Crippen LogP contribution in [0.15, 0.2) is 48.0 Å². The van der Waals surface area contributed by atoms with E-state index in [0.717, 1.165) is 0 Å². The average Bonchev–Trinajstić information content (AvgIpc) is 3.14. The quantitative estimate of drug-likeness (QED) is 0.452. The predicted molar refractivity (Wildman–Crippen MR) is 112 cm³/mol. The molecule has 0 fully saturated rings. The van der Waals surface area contributed by atoms with Crippen molar-refractivity contribution in [2.75, 3.05) is 11.9 Å². The van der Waals surface area contributed by atoms with Crippen molar-refractivity contribution in [1.29, 1.82) is 0 Å². The highest BCUT2D eigenvalue weighted by atomic mass is 35.5. The Morgan fingerprint density at radius 3 is 2.37 bits per heavy atom. The first kappa shape index (κ1) is 20.2. The lowest BCUT2D eigenvalue weighted by Gasteiger charge is -2.18. The fourth-order valence-corrected chi connectivity index (χ4v) is 3.40. The van der Waals surface area contributed by atoms with Gasteiger partial charge >= 0.3 is 0 Å². The number of amides is 1. The molecule has 0 aliphatic heterocycles. The van der Waals surface area contributed by atoms with E-state index in [1.165, 1.54) is 11.3 Å². The van der Waals surface area contributed by atoms with Gasteiger partial charge in [0.15, 0.2) is 5.13 Å². The largest absolute Gasteiger partial charge is 0.492 e. The molecule has 1 heterocycles. The third-order valence-corrected chi connectivity index (χ3v) is 5.80. The molecule has 0 saturated carbocycles. The Labute approximate surface area is 180 Å². The minimum absolute atomic E-state index is 0.0626. The number of ether oxygens (including phenoxy) is 1. The number of carbonyl (C=O) groups excluding carboxylic acids is 1. The summed E-state index contributed by atoms with van der Waals surface area (Å²) in [7, 11) is 0. The van der Waals surface area contributed by atoms with Crippen LogP contribution in [0.25, 0.3) is 0 Å². The van der Waals surface area contributed by atoms with E-state index in [1.54, 1.807) is 48.0 Å². The van der Waals surface area contributed by atoms with Crippen LogP contribution >= 0.6 is 57.7 Å². The molecule has 2 aromatic carbocycles. The summed E-state index contributed by atoms with van der Waals surface area (Å²) in [6.45, 7) is 0.0626. The Bertz CT molecular complexity index is 951. The number of hydrogen-bond acceptors (Lipinski definition) is 4. The standard InChI is InChI=1S/C18H12Cl4N2O2S/c19-13-3-1-10(7-15(13)21)12(17(25)24-18-23-5-6-27-18)9-26-11-2-4-14(20)16(22)8-11/h1-8,12H,9H2,(H,23,24,25). The van der Waals surface area contributed by atoms with Gasteiger partial charge in [-0.3, -0.25) is 4.79 Å². The molecule has 9 heteroatoms. The molecule has 1 aromatic heterocycles. The molecule has 0 radical (unpaired) electrons. The molecule has 1 atom stereocenters. The number of benzene rings is 2. The van der Waals surface area contributed by atoms with Crippen molar-refractivity contribution in [3.63, 3.8) is 0 Å². The van der Waals surface area contributed by atoms with Gasteiger partial charge in [-0.25, -0.2) is 4.98 Å². The van der Waals surface area contributed by atoms with Gasteiger partial charge in [-0.05, 0) is 29.8 Å². The molecular formula is C18H12Cl4N2O2S. The number of nitrogens with zero attached hydrogens (tertiary/aromatic N) is 1. The van der Waals surface area contributed by atoms with E-state index < -0.39 is 5.92 Å².